The molecule has 1 unspecified atom stereocenters. The van der Waals surface area contributed by atoms with Crippen molar-refractivity contribution < 1.29 is 28.5 Å². The average Bonchev–Trinajstić information content (AvgIpc) is 3.75. The van der Waals surface area contributed by atoms with Gasteiger partial charge in [-0.05, 0) is 34.4 Å². The van der Waals surface area contributed by atoms with E-state index in [2.05, 4.69) is 0 Å². The Hall–Kier alpha value is -6.16. The molecular formula is C41H36N4O6. The van der Waals surface area contributed by atoms with Gasteiger partial charge in [-0.15, -0.1) is 0 Å². The van der Waals surface area contributed by atoms with Gasteiger partial charge in [0.25, 0.3) is 11.8 Å². The molecule has 10 heteroatoms. The van der Waals surface area contributed by atoms with Crippen LogP contribution < -0.4 is 18.9 Å². The number of carbonyl (C=O) groups excluding carboxylic acids is 2. The number of methoxy groups -OCH3 is 2. The number of fused-ring (bicyclic) bond motifs is 4. The number of ether oxygens (including phenoxy) is 4. The predicted molar refractivity (Wildman–Crippen MR) is 196 cm³/mol. The third-order valence-electron chi connectivity index (χ3n) is 9.52. The van der Waals surface area contributed by atoms with Crippen LogP contribution in [0.1, 0.15) is 51.1 Å². The number of aliphatic imine (C=N–C) groups is 2. The molecule has 4 aromatic rings. The summed E-state index contributed by atoms with van der Waals surface area (Å²) < 4.78 is 23.5. The molecule has 256 valence electrons. The molecule has 0 spiro atoms. The van der Waals surface area contributed by atoms with Gasteiger partial charge in [0.15, 0.2) is 23.0 Å². The molecule has 0 saturated heterocycles. The molecule has 2 atom stereocenters. The summed E-state index contributed by atoms with van der Waals surface area (Å²) in [6, 6.07) is 26.7. The van der Waals surface area contributed by atoms with Gasteiger partial charge in [-0.3, -0.25) is 19.6 Å². The van der Waals surface area contributed by atoms with Crippen molar-refractivity contribution in [2.24, 2.45) is 9.98 Å². The first-order chi connectivity index (χ1) is 25.0. The lowest BCUT2D eigenvalue weighted by Gasteiger charge is -2.19. The first-order valence-corrected chi connectivity index (χ1v) is 17.0. The van der Waals surface area contributed by atoms with E-state index in [1.54, 1.807) is 48.3 Å². The molecule has 0 saturated carbocycles. The summed E-state index contributed by atoms with van der Waals surface area (Å²) in [5, 5.41) is 0. The molecule has 10 nitrogen and oxygen atoms in total. The molecule has 4 aliphatic rings. The van der Waals surface area contributed by atoms with Crippen LogP contribution in [0.15, 0.2) is 107 Å². The zero-order valence-corrected chi connectivity index (χ0v) is 28.3. The molecule has 8 rings (SSSR count). The monoisotopic (exact) mass is 680 g/mol. The summed E-state index contributed by atoms with van der Waals surface area (Å²) in [6.07, 6.45) is 9.42. The van der Waals surface area contributed by atoms with E-state index < -0.39 is 0 Å². The third-order valence-corrected chi connectivity index (χ3v) is 9.52. The van der Waals surface area contributed by atoms with Crippen LogP contribution in [-0.4, -0.2) is 73.6 Å². The van der Waals surface area contributed by atoms with E-state index in [1.807, 2.05) is 85.5 Å². The van der Waals surface area contributed by atoms with Crippen LogP contribution in [0, 0.1) is 0 Å². The number of amides is 2. The fourth-order valence-corrected chi connectivity index (χ4v) is 6.87. The Morgan fingerprint density at radius 2 is 1.04 bits per heavy atom. The van der Waals surface area contributed by atoms with Gasteiger partial charge in [-0.2, -0.15) is 0 Å². The number of rotatable bonds is 10. The topological polar surface area (TPSA) is 102 Å². The molecule has 51 heavy (non-hydrogen) atoms. The summed E-state index contributed by atoms with van der Waals surface area (Å²) in [5.74, 6) is 1.61. The molecule has 0 N–H and O–H groups in total. The van der Waals surface area contributed by atoms with Crippen molar-refractivity contribution in [1.82, 2.24) is 9.80 Å². The zero-order chi connectivity index (χ0) is 34.9. The summed E-state index contributed by atoms with van der Waals surface area (Å²) in [4.78, 5) is 40.2. The van der Waals surface area contributed by atoms with Gasteiger partial charge in [-0.1, -0.05) is 60.7 Å². The Morgan fingerprint density at radius 1 is 0.608 bits per heavy atom. The molecule has 0 radical (unpaired) electrons. The second-order valence-electron chi connectivity index (χ2n) is 12.7. The number of carbonyl (C=O) groups is 2. The largest absolute Gasteiger partial charge is 0.493 e. The van der Waals surface area contributed by atoms with Crippen LogP contribution in [0.5, 0.6) is 23.0 Å². The van der Waals surface area contributed by atoms with E-state index in [0.29, 0.717) is 78.0 Å². The molecule has 0 bridgehead atoms. The van der Waals surface area contributed by atoms with Gasteiger partial charge >= 0.3 is 0 Å². The Bertz CT molecular complexity index is 1970. The van der Waals surface area contributed by atoms with Crippen LogP contribution in [0.2, 0.25) is 0 Å². The highest BCUT2D eigenvalue weighted by Gasteiger charge is 2.35. The van der Waals surface area contributed by atoms with Crippen LogP contribution in [0.25, 0.3) is 11.1 Å². The first-order valence-electron chi connectivity index (χ1n) is 17.0. The third kappa shape index (κ3) is 6.14. The Balaban J connectivity index is 0.917. The van der Waals surface area contributed by atoms with Gasteiger partial charge in [0.1, 0.15) is 0 Å². The van der Waals surface area contributed by atoms with Crippen molar-refractivity contribution in [2.45, 2.75) is 31.3 Å². The lowest BCUT2D eigenvalue weighted by atomic mass is 10.0. The van der Waals surface area contributed by atoms with E-state index in [-0.39, 0.29) is 23.9 Å². The van der Waals surface area contributed by atoms with Gasteiger partial charge in [0.05, 0.1) is 62.0 Å². The van der Waals surface area contributed by atoms with Crippen LogP contribution in [0.4, 0.5) is 11.4 Å². The first kappa shape index (κ1) is 32.1. The number of benzene rings is 4. The minimum atomic E-state index is -0.164. The summed E-state index contributed by atoms with van der Waals surface area (Å²) in [5.41, 5.74) is 6.36. The minimum absolute atomic E-state index is 0.133. The normalized spacial score (nSPS) is 18.5. The van der Waals surface area contributed by atoms with Crippen molar-refractivity contribution in [2.75, 3.05) is 27.4 Å². The number of hydrogen-bond acceptors (Lipinski definition) is 8. The van der Waals surface area contributed by atoms with Crippen molar-refractivity contribution in [3.05, 3.63) is 120 Å². The summed E-state index contributed by atoms with van der Waals surface area (Å²) >= 11 is 0. The number of nitrogens with zero attached hydrogens (tertiary/aromatic N) is 4. The average molecular weight is 681 g/mol. The van der Waals surface area contributed by atoms with E-state index in [0.717, 1.165) is 22.3 Å². The molecule has 4 aromatic carbocycles. The maximum absolute atomic E-state index is 13.7. The molecule has 2 amide bonds. The summed E-state index contributed by atoms with van der Waals surface area (Å²) in [7, 11) is 3.10. The quantitative estimate of drug-likeness (QED) is 0.161. The second-order valence-corrected chi connectivity index (χ2v) is 12.7. The summed E-state index contributed by atoms with van der Waals surface area (Å²) in [6.45, 7) is 0.642. The van der Waals surface area contributed by atoms with Gasteiger partial charge in [0, 0.05) is 56.2 Å². The van der Waals surface area contributed by atoms with E-state index in [1.165, 1.54) is 0 Å². The van der Waals surface area contributed by atoms with Crippen molar-refractivity contribution >= 4 is 46.8 Å². The highest BCUT2D eigenvalue weighted by atomic mass is 16.5. The van der Waals surface area contributed by atoms with Crippen LogP contribution in [-0.2, 0) is 0 Å². The molecule has 4 heterocycles. The molecule has 0 aromatic heterocycles. The van der Waals surface area contributed by atoms with Gasteiger partial charge in [0.2, 0.25) is 0 Å². The van der Waals surface area contributed by atoms with Crippen molar-refractivity contribution in [3.8, 4) is 23.0 Å². The highest BCUT2D eigenvalue weighted by Crippen LogP contribution is 2.41. The molecule has 0 aliphatic carbocycles. The Morgan fingerprint density at radius 3 is 1.45 bits per heavy atom. The standard InChI is InChI=1S/C41H36N4O6/c1-48-36-18-32-34(42-22-30-16-28(24-44(30)40(32)46)26-10-5-3-6-11-26)20-38(36)50-14-9-15-51-39-21-35-33(19-37(39)49-2)41(47)45-25-29(17-31(45)23-43-35)27-12-7-4-8-13-27/h3-8,10-13,18-25,30-31H,9,14-17H2,1-2H3/t30-,31?/m0/s1. The SMILES string of the molecule is COc1cc2c(cc1OCCCOc1cc3c(cc1OC)C(=O)N1C=C(c4ccccc4)C[C@H]1C=N3)N=CC1CC(c3ccccc3)=CN1C2=O. The highest BCUT2D eigenvalue weighted by molar-refractivity contribution is 6.06. The van der Waals surface area contributed by atoms with Crippen LogP contribution in [0.3, 0.4) is 0 Å². The van der Waals surface area contributed by atoms with E-state index in [9.17, 15) is 9.59 Å². The number of hydrogen-bond donors (Lipinski definition) is 0. The Labute approximate surface area is 295 Å². The van der Waals surface area contributed by atoms with Crippen molar-refractivity contribution in [1.29, 1.82) is 0 Å². The molecule has 0 fully saturated rings. The predicted octanol–water partition coefficient (Wildman–Crippen LogP) is 7.49. The Kier molecular flexibility index (Phi) is 8.57. The molecule has 4 aliphatic heterocycles. The fourth-order valence-electron chi connectivity index (χ4n) is 6.87. The lowest BCUT2D eigenvalue weighted by molar-refractivity contribution is 0.0809. The molecular weight excluding hydrogens is 644 g/mol. The minimum Gasteiger partial charge on any atom is -0.493 e. The maximum Gasteiger partial charge on any atom is 0.260 e. The van der Waals surface area contributed by atoms with Gasteiger partial charge < -0.3 is 28.7 Å². The smallest absolute Gasteiger partial charge is 0.260 e. The van der Waals surface area contributed by atoms with E-state index >= 15 is 0 Å². The second kappa shape index (κ2) is 13.6. The zero-order valence-electron chi connectivity index (χ0n) is 28.3. The maximum atomic E-state index is 13.7. The fraction of sp³-hybridized carbons (Fsp3) is 0.220. The lowest BCUT2D eigenvalue weighted by Crippen LogP contribution is -2.32. The van der Waals surface area contributed by atoms with Gasteiger partial charge in [-0.25, -0.2) is 0 Å². The van der Waals surface area contributed by atoms with Crippen molar-refractivity contribution in [3.63, 3.8) is 0 Å². The van der Waals surface area contributed by atoms with Crippen LogP contribution >= 0.6 is 0 Å². The van der Waals surface area contributed by atoms with E-state index in [4.69, 9.17) is 28.9 Å².